The fourth-order valence-electron chi connectivity index (χ4n) is 1.38. The zero-order chi connectivity index (χ0) is 9.97. The molecule has 0 atom stereocenters. The van der Waals surface area contributed by atoms with Gasteiger partial charge in [0.1, 0.15) is 0 Å². The van der Waals surface area contributed by atoms with Crippen molar-refractivity contribution in [1.82, 2.24) is 9.99 Å². The number of hydrogen-bond acceptors (Lipinski definition) is 2. The van der Waals surface area contributed by atoms with Crippen molar-refractivity contribution < 1.29 is 0 Å². The van der Waals surface area contributed by atoms with Crippen molar-refractivity contribution in [3.8, 4) is 0 Å². The van der Waals surface area contributed by atoms with Gasteiger partial charge >= 0.3 is 0 Å². The van der Waals surface area contributed by atoms with Gasteiger partial charge in [0.15, 0.2) is 0 Å². The first kappa shape index (κ1) is 8.81. The summed E-state index contributed by atoms with van der Waals surface area (Å²) in [6.07, 6.45) is 3.83. The second-order valence-electron chi connectivity index (χ2n) is 3.38. The predicted octanol–water partition coefficient (Wildman–Crippen LogP) is 2.06. The van der Waals surface area contributed by atoms with E-state index >= 15 is 0 Å². The third kappa shape index (κ3) is 1.62. The number of benzene rings is 1. The lowest BCUT2D eigenvalue weighted by Crippen LogP contribution is -2.01. The van der Waals surface area contributed by atoms with Crippen molar-refractivity contribution in [2.75, 3.05) is 14.1 Å². The molecule has 0 aliphatic rings. The van der Waals surface area contributed by atoms with E-state index in [1.807, 2.05) is 38.6 Å². The lowest BCUT2D eigenvalue weighted by molar-refractivity contribution is 0.440. The third-order valence-electron chi connectivity index (χ3n) is 2.05. The number of rotatable bonds is 2. The van der Waals surface area contributed by atoms with Crippen LogP contribution in [0.25, 0.3) is 10.9 Å². The van der Waals surface area contributed by atoms with Gasteiger partial charge in [-0.15, -0.1) is 0 Å². The summed E-state index contributed by atoms with van der Waals surface area (Å²) in [4.78, 5) is 3.20. The highest BCUT2D eigenvalue weighted by molar-refractivity contribution is 5.98. The second kappa shape index (κ2) is 3.54. The van der Waals surface area contributed by atoms with Gasteiger partial charge in [-0.25, -0.2) is 0 Å². The normalized spacial score (nSPS) is 11.3. The molecular formula is C11H13N3. The Hall–Kier alpha value is -1.77. The highest BCUT2D eigenvalue weighted by Crippen LogP contribution is 2.15. The number of hydrogen-bond donors (Lipinski definition) is 1. The lowest BCUT2D eigenvalue weighted by Gasteiger charge is -2.01. The van der Waals surface area contributed by atoms with E-state index in [1.54, 1.807) is 5.01 Å². The quantitative estimate of drug-likeness (QED) is 0.566. The van der Waals surface area contributed by atoms with Crippen LogP contribution < -0.4 is 0 Å². The number of nitrogens with zero attached hydrogens (tertiary/aromatic N) is 2. The highest BCUT2D eigenvalue weighted by atomic mass is 15.4. The standard InChI is InChI=1S/C11H13N3/c1-14(2)13-8-9-7-12-11-6-4-3-5-10(9)11/h3-8,12H,1-2H3. The van der Waals surface area contributed by atoms with Gasteiger partial charge in [0.25, 0.3) is 0 Å². The number of hydrazone groups is 1. The Morgan fingerprint density at radius 3 is 2.86 bits per heavy atom. The molecule has 14 heavy (non-hydrogen) atoms. The minimum atomic E-state index is 1.12. The van der Waals surface area contributed by atoms with Crippen molar-refractivity contribution in [2.24, 2.45) is 5.10 Å². The molecule has 0 aliphatic carbocycles. The fourth-order valence-corrected chi connectivity index (χ4v) is 1.38. The summed E-state index contributed by atoms with van der Waals surface area (Å²) in [6.45, 7) is 0. The highest BCUT2D eigenvalue weighted by Gasteiger charge is 1.98. The molecule has 0 saturated heterocycles. The van der Waals surface area contributed by atoms with Crippen LogP contribution in [0.1, 0.15) is 5.56 Å². The molecule has 3 nitrogen and oxygen atoms in total. The van der Waals surface area contributed by atoms with Gasteiger partial charge in [-0.2, -0.15) is 5.10 Å². The first-order valence-corrected chi connectivity index (χ1v) is 4.55. The third-order valence-corrected chi connectivity index (χ3v) is 2.05. The minimum absolute atomic E-state index is 1.12. The Balaban J connectivity index is 2.43. The predicted molar refractivity (Wildman–Crippen MR) is 59.6 cm³/mol. The molecule has 0 bridgehead atoms. The first-order valence-electron chi connectivity index (χ1n) is 4.55. The first-order chi connectivity index (χ1) is 6.77. The Bertz CT molecular complexity index is 454. The van der Waals surface area contributed by atoms with Gasteiger partial charge in [0.2, 0.25) is 0 Å². The monoisotopic (exact) mass is 187 g/mol. The van der Waals surface area contributed by atoms with Crippen molar-refractivity contribution in [3.05, 3.63) is 36.0 Å². The maximum Gasteiger partial charge on any atom is 0.0564 e. The average molecular weight is 187 g/mol. The van der Waals surface area contributed by atoms with Crippen LogP contribution in [-0.2, 0) is 0 Å². The van der Waals surface area contributed by atoms with E-state index in [0.29, 0.717) is 0 Å². The van der Waals surface area contributed by atoms with E-state index in [9.17, 15) is 0 Å². The molecule has 0 amide bonds. The molecule has 2 aromatic rings. The van der Waals surface area contributed by atoms with Crippen molar-refractivity contribution in [2.45, 2.75) is 0 Å². The van der Waals surface area contributed by atoms with Crippen LogP contribution in [0, 0.1) is 0 Å². The molecule has 0 fully saturated rings. The summed E-state index contributed by atoms with van der Waals surface area (Å²) < 4.78 is 0. The number of H-pyrrole nitrogens is 1. The number of para-hydroxylation sites is 1. The van der Waals surface area contributed by atoms with Crippen LogP contribution in [0.5, 0.6) is 0 Å². The molecule has 1 aromatic carbocycles. The van der Waals surface area contributed by atoms with Crippen LogP contribution in [-0.4, -0.2) is 30.3 Å². The summed E-state index contributed by atoms with van der Waals surface area (Å²) in [6, 6.07) is 8.19. The summed E-state index contributed by atoms with van der Waals surface area (Å²) in [5.41, 5.74) is 2.27. The minimum Gasteiger partial charge on any atom is -0.361 e. The number of aromatic amines is 1. The summed E-state index contributed by atoms with van der Waals surface area (Å²) >= 11 is 0. The summed E-state index contributed by atoms with van der Waals surface area (Å²) in [5, 5.41) is 7.19. The van der Waals surface area contributed by atoms with E-state index in [2.05, 4.69) is 22.2 Å². The molecule has 1 aromatic heterocycles. The summed E-state index contributed by atoms with van der Waals surface area (Å²) in [5.74, 6) is 0. The van der Waals surface area contributed by atoms with E-state index in [-0.39, 0.29) is 0 Å². The number of fused-ring (bicyclic) bond motifs is 1. The smallest absolute Gasteiger partial charge is 0.0564 e. The van der Waals surface area contributed by atoms with Gasteiger partial charge in [-0.1, -0.05) is 18.2 Å². The zero-order valence-corrected chi connectivity index (χ0v) is 8.36. The van der Waals surface area contributed by atoms with Gasteiger partial charge in [-0.05, 0) is 6.07 Å². The molecule has 1 N–H and O–H groups in total. The van der Waals surface area contributed by atoms with Gasteiger partial charge in [0.05, 0.1) is 6.21 Å². The number of aromatic nitrogens is 1. The van der Waals surface area contributed by atoms with Crippen molar-refractivity contribution in [3.63, 3.8) is 0 Å². The van der Waals surface area contributed by atoms with Crippen LogP contribution in [0.15, 0.2) is 35.6 Å². The van der Waals surface area contributed by atoms with E-state index in [0.717, 1.165) is 11.1 Å². The maximum atomic E-state index is 4.21. The van der Waals surface area contributed by atoms with E-state index < -0.39 is 0 Å². The Morgan fingerprint density at radius 2 is 2.07 bits per heavy atom. The zero-order valence-electron chi connectivity index (χ0n) is 8.36. The molecule has 2 rings (SSSR count). The summed E-state index contributed by atoms with van der Waals surface area (Å²) in [7, 11) is 3.82. The molecule has 0 spiro atoms. The van der Waals surface area contributed by atoms with Crippen molar-refractivity contribution in [1.29, 1.82) is 0 Å². The van der Waals surface area contributed by atoms with Gasteiger partial charge < -0.3 is 9.99 Å². The molecule has 0 unspecified atom stereocenters. The lowest BCUT2D eigenvalue weighted by atomic mass is 10.2. The average Bonchev–Trinajstić information content (AvgIpc) is 2.58. The molecule has 0 saturated carbocycles. The molecular weight excluding hydrogens is 174 g/mol. The Morgan fingerprint density at radius 1 is 1.29 bits per heavy atom. The van der Waals surface area contributed by atoms with Crippen LogP contribution >= 0.6 is 0 Å². The van der Waals surface area contributed by atoms with Gasteiger partial charge in [0, 0.05) is 36.8 Å². The Kier molecular flexibility index (Phi) is 2.23. The van der Waals surface area contributed by atoms with E-state index in [4.69, 9.17) is 0 Å². The maximum absolute atomic E-state index is 4.21. The molecule has 0 aliphatic heterocycles. The largest absolute Gasteiger partial charge is 0.361 e. The van der Waals surface area contributed by atoms with Crippen LogP contribution in [0.3, 0.4) is 0 Å². The fraction of sp³-hybridized carbons (Fsp3) is 0.182. The van der Waals surface area contributed by atoms with Crippen LogP contribution in [0.4, 0.5) is 0 Å². The second-order valence-corrected chi connectivity index (χ2v) is 3.38. The van der Waals surface area contributed by atoms with E-state index in [1.165, 1.54) is 5.39 Å². The Labute approximate surface area is 83.0 Å². The molecule has 1 heterocycles. The topological polar surface area (TPSA) is 31.4 Å². The molecule has 0 radical (unpaired) electrons. The molecule has 3 heteroatoms. The van der Waals surface area contributed by atoms with Crippen LogP contribution in [0.2, 0.25) is 0 Å². The SMILES string of the molecule is CN(C)N=Cc1c[nH]c2ccccc12. The van der Waals surface area contributed by atoms with Crippen molar-refractivity contribution >= 4 is 17.1 Å². The van der Waals surface area contributed by atoms with Gasteiger partial charge in [-0.3, -0.25) is 0 Å². The molecule has 72 valence electrons. The number of nitrogens with one attached hydrogen (secondary N) is 1.